The Labute approximate surface area is 348 Å². The summed E-state index contributed by atoms with van der Waals surface area (Å²) in [5.41, 5.74) is 22.6. The molecule has 3 heterocycles. The SMILES string of the molecule is CC1(C)c2ccccc2-c2cc3[c]4c(c21)N(c1ccccc1)c1[c]2c(cc5c1C(C)(C)c1ccccc1-5)N(c1ccccc1)c1cccc([c]1[Bi]42)N3c1ccccc1. The molecule has 276 valence electrons. The Bertz CT molecular complexity index is 2890. The van der Waals surface area contributed by atoms with E-state index in [0.717, 1.165) is 0 Å². The standard InChI is InChI=1S/C54H40N3.Bi/c1-53(2)47-29-16-14-27-43(47)45-32-41-34-49(51(45)53)57(38-23-12-7-13-24-38)50-35-42(33-46-44-28-15-17-30-48(44)54(3,4)52(46)50)56(37-21-10-6-11-22-37)40-26-18-25-39(31-40)55(41)36-19-8-5-9-20-36;/h5-30,32-33H,1-4H3;. The molecule has 4 heteroatoms. The number of hydrogen-bond acceptors (Lipinski definition) is 3. The Balaban J connectivity index is 1.28. The second-order valence-corrected chi connectivity index (χ2v) is 25.2. The maximum atomic E-state index is 2.77. The minimum absolute atomic E-state index is 0.215. The van der Waals surface area contributed by atoms with Crippen LogP contribution in [-0.2, 0) is 10.8 Å². The molecule has 0 saturated carbocycles. The Hall–Kier alpha value is -5.96. The predicted octanol–water partition coefficient (Wildman–Crippen LogP) is 12.2. The third-order valence-electron chi connectivity index (χ3n) is 13.7. The molecule has 0 fully saturated rings. The molecule has 0 spiro atoms. The summed E-state index contributed by atoms with van der Waals surface area (Å²) in [5.74, 6) is 0. The Morgan fingerprint density at radius 3 is 1.16 bits per heavy atom. The van der Waals surface area contributed by atoms with Crippen LogP contribution in [0, 0.1) is 0 Å². The number of rotatable bonds is 3. The Morgan fingerprint density at radius 2 is 0.724 bits per heavy atom. The van der Waals surface area contributed by atoms with Gasteiger partial charge in [0.25, 0.3) is 0 Å². The first-order chi connectivity index (χ1) is 28.4. The molecule has 0 saturated heterocycles. The van der Waals surface area contributed by atoms with Crippen LogP contribution in [0.3, 0.4) is 0 Å². The van der Waals surface area contributed by atoms with Crippen molar-refractivity contribution < 1.29 is 0 Å². The second kappa shape index (κ2) is 11.4. The molecule has 0 unspecified atom stereocenters. The monoisotopic (exact) mass is 939 g/mol. The fourth-order valence-corrected chi connectivity index (χ4v) is 23.5. The van der Waals surface area contributed by atoms with Gasteiger partial charge in [0.1, 0.15) is 0 Å². The molecule has 0 amide bonds. The van der Waals surface area contributed by atoms with E-state index in [0.29, 0.717) is 0 Å². The normalized spacial score (nSPS) is 16.4. The van der Waals surface area contributed by atoms with E-state index in [-0.39, 0.29) is 10.8 Å². The third kappa shape index (κ3) is 3.97. The molecule has 8 aromatic rings. The van der Waals surface area contributed by atoms with Crippen molar-refractivity contribution in [1.82, 2.24) is 0 Å². The zero-order chi connectivity index (χ0) is 38.7. The molecule has 58 heavy (non-hydrogen) atoms. The zero-order valence-electron chi connectivity index (χ0n) is 33.0. The van der Waals surface area contributed by atoms with E-state index in [2.05, 4.69) is 212 Å². The first-order valence-electron chi connectivity index (χ1n) is 20.5. The van der Waals surface area contributed by atoms with E-state index < -0.39 is 21.8 Å². The fraction of sp³-hybridized carbons (Fsp3) is 0.111. The van der Waals surface area contributed by atoms with Crippen LogP contribution in [0.2, 0.25) is 0 Å². The summed E-state index contributed by atoms with van der Waals surface area (Å²) in [6.07, 6.45) is 0. The Kier molecular flexibility index (Phi) is 6.48. The summed E-state index contributed by atoms with van der Waals surface area (Å²) in [6.45, 7) is 9.90. The summed E-state index contributed by atoms with van der Waals surface area (Å²) in [5, 5.41) is 0. The quantitative estimate of drug-likeness (QED) is 0.163. The second-order valence-electron chi connectivity index (χ2n) is 17.4. The average Bonchev–Trinajstić information content (AvgIpc) is 3.63. The van der Waals surface area contributed by atoms with Crippen molar-refractivity contribution in [3.05, 3.63) is 192 Å². The van der Waals surface area contributed by atoms with Crippen molar-refractivity contribution in [3.8, 4) is 22.3 Å². The van der Waals surface area contributed by atoms with Gasteiger partial charge in [-0.15, -0.1) is 0 Å². The average molecular weight is 940 g/mol. The van der Waals surface area contributed by atoms with E-state index in [1.54, 1.807) is 9.81 Å². The third-order valence-corrected chi connectivity index (χ3v) is 24.1. The fourth-order valence-electron chi connectivity index (χ4n) is 11.4. The van der Waals surface area contributed by atoms with Gasteiger partial charge in [-0.05, 0) is 0 Å². The van der Waals surface area contributed by atoms with Gasteiger partial charge in [-0.3, -0.25) is 0 Å². The van der Waals surface area contributed by atoms with E-state index in [4.69, 9.17) is 0 Å². The molecule has 3 nitrogen and oxygen atoms in total. The van der Waals surface area contributed by atoms with Gasteiger partial charge in [0.05, 0.1) is 0 Å². The van der Waals surface area contributed by atoms with E-state index in [1.165, 1.54) is 95.7 Å². The van der Waals surface area contributed by atoms with Crippen LogP contribution in [0.5, 0.6) is 0 Å². The van der Waals surface area contributed by atoms with Crippen molar-refractivity contribution in [1.29, 1.82) is 0 Å². The van der Waals surface area contributed by atoms with Crippen molar-refractivity contribution in [2.75, 3.05) is 14.7 Å². The molecule has 0 radical (unpaired) electrons. The number of hydrogen-bond donors (Lipinski definition) is 0. The van der Waals surface area contributed by atoms with E-state index in [9.17, 15) is 0 Å². The summed E-state index contributed by atoms with van der Waals surface area (Å²) >= 11 is -3.25. The van der Waals surface area contributed by atoms with Gasteiger partial charge in [-0.25, -0.2) is 0 Å². The van der Waals surface area contributed by atoms with Gasteiger partial charge < -0.3 is 0 Å². The number of benzene rings is 8. The molecular weight excluding hydrogens is 900 g/mol. The number of anilines is 9. The van der Waals surface area contributed by atoms with Gasteiger partial charge in [0, 0.05) is 0 Å². The van der Waals surface area contributed by atoms with E-state index in [1.807, 2.05) is 0 Å². The summed E-state index contributed by atoms with van der Waals surface area (Å²) in [6, 6.07) is 64.4. The number of para-hydroxylation sites is 3. The minimum atomic E-state index is -3.25. The topological polar surface area (TPSA) is 9.72 Å². The molecular formula is C54H40BiN3. The number of fused-ring (bicyclic) bond motifs is 8. The van der Waals surface area contributed by atoms with Crippen molar-refractivity contribution in [3.63, 3.8) is 0 Å². The van der Waals surface area contributed by atoms with Gasteiger partial charge >= 0.3 is 350 Å². The molecule has 8 aromatic carbocycles. The molecule has 0 N–H and O–H groups in total. The van der Waals surface area contributed by atoms with Gasteiger partial charge in [-0.2, -0.15) is 0 Å². The molecule has 0 atom stereocenters. The van der Waals surface area contributed by atoms with Crippen molar-refractivity contribution >= 4 is 82.8 Å². The molecule has 13 rings (SSSR count). The molecule has 2 aliphatic carbocycles. The zero-order valence-corrected chi connectivity index (χ0v) is 36.4. The summed E-state index contributed by atoms with van der Waals surface area (Å²) < 4.78 is 4.76. The van der Waals surface area contributed by atoms with E-state index >= 15 is 0 Å². The Morgan fingerprint density at radius 1 is 0.345 bits per heavy atom. The summed E-state index contributed by atoms with van der Waals surface area (Å²) in [4.78, 5) is 8.01. The summed E-state index contributed by atoms with van der Waals surface area (Å²) in [7, 11) is 0. The molecule has 0 aromatic heterocycles. The van der Waals surface area contributed by atoms with Crippen LogP contribution in [0.4, 0.5) is 51.2 Å². The first-order valence-corrected chi connectivity index (χ1v) is 25.7. The molecule has 5 aliphatic rings. The van der Waals surface area contributed by atoms with Crippen LogP contribution < -0.4 is 24.5 Å². The molecule has 3 aliphatic heterocycles. The van der Waals surface area contributed by atoms with Crippen LogP contribution >= 0.6 is 0 Å². The van der Waals surface area contributed by atoms with Gasteiger partial charge in [0.15, 0.2) is 0 Å². The number of nitrogens with zero attached hydrogens (tertiary/aromatic N) is 3. The van der Waals surface area contributed by atoms with Crippen LogP contribution in [0.1, 0.15) is 49.9 Å². The van der Waals surface area contributed by atoms with Crippen LogP contribution in [-0.4, -0.2) is 21.8 Å². The van der Waals surface area contributed by atoms with Gasteiger partial charge in [0.2, 0.25) is 0 Å². The van der Waals surface area contributed by atoms with Crippen molar-refractivity contribution in [2.24, 2.45) is 0 Å². The van der Waals surface area contributed by atoms with Crippen molar-refractivity contribution in [2.45, 2.75) is 38.5 Å². The van der Waals surface area contributed by atoms with Crippen LogP contribution in [0.15, 0.2) is 170 Å². The molecule has 0 bridgehead atoms. The first kappa shape index (κ1) is 33.1. The predicted molar refractivity (Wildman–Crippen MR) is 244 cm³/mol. The van der Waals surface area contributed by atoms with Crippen LogP contribution in [0.25, 0.3) is 22.3 Å². The van der Waals surface area contributed by atoms with Gasteiger partial charge in [-0.1, -0.05) is 0 Å². The maximum absolute atomic E-state index is 3.25.